The SMILES string of the molecule is COc1cc(C2C(C(=O)c3cc4ccccc4o3)=C(O)C(=O)N2c2nnc(C)s2)ccc1O. The number of Topliss-reactive ketones (excluding diaryl/α,β-unsaturated/α-hetero) is 1. The first kappa shape index (κ1) is 20.7. The number of aryl methyl sites for hydroxylation is 1. The van der Waals surface area contributed by atoms with E-state index in [0.717, 1.165) is 11.3 Å². The zero-order valence-corrected chi connectivity index (χ0v) is 18.3. The monoisotopic (exact) mass is 463 g/mol. The minimum absolute atomic E-state index is 0.0170. The standard InChI is InChI=1S/C23H17N3O6S/c1-11-24-25-23(33-11)26-19(13-7-8-14(27)16(10-13)31-2)18(21(29)22(26)30)20(28)17-9-12-5-3-4-6-15(12)32-17/h3-10,19,27,29H,1-2H3. The number of carbonyl (C=O) groups excluding carboxylic acids is 2. The van der Waals surface area contributed by atoms with Crippen LogP contribution in [0, 0.1) is 6.92 Å². The first-order valence-corrected chi connectivity index (χ1v) is 10.7. The van der Waals surface area contributed by atoms with Gasteiger partial charge in [-0.25, -0.2) is 0 Å². The number of methoxy groups -OCH3 is 1. The summed E-state index contributed by atoms with van der Waals surface area (Å²) >= 11 is 1.15. The maximum Gasteiger partial charge on any atom is 0.296 e. The van der Waals surface area contributed by atoms with Crippen molar-refractivity contribution in [3.8, 4) is 11.5 Å². The van der Waals surface area contributed by atoms with Gasteiger partial charge in [0.2, 0.25) is 10.9 Å². The highest BCUT2D eigenvalue weighted by Gasteiger charge is 2.47. The number of ketones is 1. The molecule has 4 aromatic rings. The molecule has 2 N–H and O–H groups in total. The average Bonchev–Trinajstić information content (AvgIpc) is 3.50. The molecule has 9 nitrogen and oxygen atoms in total. The number of aliphatic hydroxyl groups excluding tert-OH is 1. The summed E-state index contributed by atoms with van der Waals surface area (Å²) in [6, 6.07) is 12.1. The molecule has 0 saturated carbocycles. The third-order valence-electron chi connectivity index (χ3n) is 5.34. The number of ether oxygens (including phenoxy) is 1. The lowest BCUT2D eigenvalue weighted by atomic mass is 9.95. The van der Waals surface area contributed by atoms with E-state index in [4.69, 9.17) is 9.15 Å². The first-order chi connectivity index (χ1) is 15.9. The van der Waals surface area contributed by atoms with Gasteiger partial charge < -0.3 is 19.4 Å². The molecule has 10 heteroatoms. The summed E-state index contributed by atoms with van der Waals surface area (Å²) in [6.07, 6.45) is 0. The number of nitrogens with zero attached hydrogens (tertiary/aromatic N) is 3. The quantitative estimate of drug-likeness (QED) is 0.424. The first-order valence-electron chi connectivity index (χ1n) is 9.86. The summed E-state index contributed by atoms with van der Waals surface area (Å²) in [5, 5.41) is 30.4. The van der Waals surface area contributed by atoms with Crippen LogP contribution in [0.4, 0.5) is 5.13 Å². The number of aliphatic hydroxyl groups is 1. The number of benzene rings is 2. The molecule has 33 heavy (non-hydrogen) atoms. The molecule has 0 fully saturated rings. The van der Waals surface area contributed by atoms with Gasteiger partial charge in [-0.05, 0) is 36.8 Å². The smallest absolute Gasteiger partial charge is 0.296 e. The largest absolute Gasteiger partial charge is 0.504 e. The third-order valence-corrected chi connectivity index (χ3v) is 6.18. The van der Waals surface area contributed by atoms with Crippen molar-refractivity contribution in [2.24, 2.45) is 0 Å². The summed E-state index contributed by atoms with van der Waals surface area (Å²) in [5.41, 5.74) is 0.763. The van der Waals surface area contributed by atoms with Gasteiger partial charge in [-0.2, -0.15) is 0 Å². The molecule has 0 saturated heterocycles. The van der Waals surface area contributed by atoms with E-state index < -0.39 is 23.5 Å². The van der Waals surface area contributed by atoms with Crippen molar-refractivity contribution in [3.63, 3.8) is 0 Å². The lowest BCUT2D eigenvalue weighted by Gasteiger charge is -2.24. The van der Waals surface area contributed by atoms with Crippen molar-refractivity contribution in [2.75, 3.05) is 12.0 Å². The number of carbonyl (C=O) groups is 2. The van der Waals surface area contributed by atoms with Crippen LogP contribution in [0.1, 0.15) is 27.2 Å². The predicted molar refractivity (Wildman–Crippen MR) is 120 cm³/mol. The van der Waals surface area contributed by atoms with Crippen molar-refractivity contribution < 1.29 is 29.0 Å². The minimum Gasteiger partial charge on any atom is -0.504 e. The predicted octanol–water partition coefficient (Wildman–Crippen LogP) is 4.09. The van der Waals surface area contributed by atoms with Gasteiger partial charge in [-0.1, -0.05) is 35.6 Å². The Kier molecular flexibility index (Phi) is 4.86. The normalized spacial score (nSPS) is 16.1. The molecule has 5 rings (SSSR count). The van der Waals surface area contributed by atoms with Crippen molar-refractivity contribution >= 4 is 39.1 Å². The van der Waals surface area contributed by atoms with Crippen LogP contribution < -0.4 is 9.64 Å². The van der Waals surface area contributed by atoms with E-state index >= 15 is 0 Å². The number of phenols is 1. The Labute approximate surface area is 191 Å². The molecule has 2 aromatic heterocycles. The molecule has 1 atom stereocenters. The number of rotatable bonds is 5. The number of aromatic hydroxyl groups is 1. The molecule has 166 valence electrons. The molecular weight excluding hydrogens is 446 g/mol. The fraction of sp³-hybridized carbons (Fsp3) is 0.130. The number of para-hydroxylation sites is 1. The van der Waals surface area contributed by atoms with Gasteiger partial charge in [0, 0.05) is 5.39 Å². The topological polar surface area (TPSA) is 126 Å². The number of amides is 1. The fourth-order valence-electron chi connectivity index (χ4n) is 3.82. The van der Waals surface area contributed by atoms with Gasteiger partial charge in [-0.3, -0.25) is 14.5 Å². The van der Waals surface area contributed by atoms with E-state index in [1.807, 2.05) is 6.07 Å². The second-order valence-electron chi connectivity index (χ2n) is 7.35. The molecule has 1 unspecified atom stereocenters. The summed E-state index contributed by atoms with van der Waals surface area (Å²) in [5.74, 6) is -2.11. The number of phenolic OH excluding ortho intramolecular Hbond substituents is 1. The second-order valence-corrected chi connectivity index (χ2v) is 8.51. The van der Waals surface area contributed by atoms with E-state index in [9.17, 15) is 19.8 Å². The highest BCUT2D eigenvalue weighted by atomic mass is 32.1. The molecule has 0 spiro atoms. The van der Waals surface area contributed by atoms with Crippen LogP contribution in [-0.4, -0.2) is 39.2 Å². The number of anilines is 1. The lowest BCUT2D eigenvalue weighted by Crippen LogP contribution is -2.31. The number of furan rings is 1. The summed E-state index contributed by atoms with van der Waals surface area (Å²) in [7, 11) is 1.39. The van der Waals surface area contributed by atoms with E-state index in [1.165, 1.54) is 24.1 Å². The Bertz CT molecular complexity index is 1420. The number of aromatic nitrogens is 2. The van der Waals surface area contributed by atoms with Crippen LogP contribution in [-0.2, 0) is 4.79 Å². The van der Waals surface area contributed by atoms with Crippen LogP contribution in [0.3, 0.4) is 0 Å². The number of hydrogen-bond acceptors (Lipinski definition) is 9. The minimum atomic E-state index is -1.04. The average molecular weight is 463 g/mol. The van der Waals surface area contributed by atoms with Crippen molar-refractivity contribution in [2.45, 2.75) is 13.0 Å². The third kappa shape index (κ3) is 3.31. The van der Waals surface area contributed by atoms with E-state index in [1.54, 1.807) is 37.3 Å². The Balaban J connectivity index is 1.68. The van der Waals surface area contributed by atoms with Gasteiger partial charge in [0.1, 0.15) is 10.6 Å². The maximum atomic E-state index is 13.6. The zero-order chi connectivity index (χ0) is 23.3. The highest BCUT2D eigenvalue weighted by Crippen LogP contribution is 2.44. The van der Waals surface area contributed by atoms with Crippen LogP contribution in [0.15, 0.2) is 64.3 Å². The lowest BCUT2D eigenvalue weighted by molar-refractivity contribution is -0.117. The Hall–Kier alpha value is -4.18. The zero-order valence-electron chi connectivity index (χ0n) is 17.5. The van der Waals surface area contributed by atoms with Crippen molar-refractivity contribution in [1.29, 1.82) is 0 Å². The van der Waals surface area contributed by atoms with Crippen LogP contribution >= 0.6 is 11.3 Å². The molecule has 3 heterocycles. The Morgan fingerprint density at radius 2 is 1.94 bits per heavy atom. The number of fused-ring (bicyclic) bond motifs is 1. The fourth-order valence-corrected chi connectivity index (χ4v) is 4.54. The second kappa shape index (κ2) is 7.75. The van der Waals surface area contributed by atoms with Crippen molar-refractivity contribution in [1.82, 2.24) is 10.2 Å². The maximum absolute atomic E-state index is 13.6. The van der Waals surface area contributed by atoms with E-state index in [-0.39, 0.29) is 28.0 Å². The van der Waals surface area contributed by atoms with E-state index in [2.05, 4.69) is 10.2 Å². The summed E-state index contributed by atoms with van der Waals surface area (Å²) < 4.78 is 10.9. The van der Waals surface area contributed by atoms with Crippen LogP contribution in [0.5, 0.6) is 11.5 Å². The molecule has 0 radical (unpaired) electrons. The van der Waals surface area contributed by atoms with Crippen LogP contribution in [0.25, 0.3) is 11.0 Å². The Morgan fingerprint density at radius 1 is 1.15 bits per heavy atom. The molecule has 1 amide bonds. The van der Waals surface area contributed by atoms with E-state index in [0.29, 0.717) is 21.5 Å². The summed E-state index contributed by atoms with van der Waals surface area (Å²) in [4.78, 5) is 27.9. The molecule has 1 aliphatic rings. The van der Waals surface area contributed by atoms with Gasteiger partial charge in [-0.15, -0.1) is 10.2 Å². The molecular formula is C23H17N3O6S. The molecule has 0 bridgehead atoms. The Morgan fingerprint density at radius 3 is 2.64 bits per heavy atom. The van der Waals surface area contributed by atoms with Gasteiger partial charge in [0.05, 0.1) is 18.7 Å². The molecule has 1 aliphatic heterocycles. The molecule has 0 aliphatic carbocycles. The summed E-state index contributed by atoms with van der Waals surface area (Å²) in [6.45, 7) is 1.73. The highest BCUT2D eigenvalue weighted by molar-refractivity contribution is 7.15. The molecule has 2 aromatic carbocycles. The van der Waals surface area contributed by atoms with Gasteiger partial charge in [0.15, 0.2) is 23.0 Å². The van der Waals surface area contributed by atoms with Crippen LogP contribution in [0.2, 0.25) is 0 Å². The van der Waals surface area contributed by atoms with Crippen molar-refractivity contribution in [3.05, 3.63) is 76.2 Å². The van der Waals surface area contributed by atoms with Gasteiger partial charge >= 0.3 is 0 Å². The van der Waals surface area contributed by atoms with Gasteiger partial charge in [0.25, 0.3) is 5.91 Å². The number of hydrogen-bond donors (Lipinski definition) is 2.